The lowest BCUT2D eigenvalue weighted by Crippen LogP contribution is -2.18. The van der Waals surface area contributed by atoms with E-state index in [0.717, 1.165) is 44.4 Å². The molecule has 5 aromatic rings. The van der Waals surface area contributed by atoms with E-state index in [1.807, 2.05) is 24.3 Å². The van der Waals surface area contributed by atoms with Crippen LogP contribution in [0.4, 0.5) is 5.82 Å². The highest BCUT2D eigenvalue weighted by molar-refractivity contribution is 6.11. The van der Waals surface area contributed by atoms with E-state index >= 15 is 0 Å². The lowest BCUT2D eigenvalue weighted by molar-refractivity contribution is 0.0706. The molecular weight excluding hydrogens is 400 g/mol. The van der Waals surface area contributed by atoms with Crippen molar-refractivity contribution in [2.24, 2.45) is 0 Å². The van der Waals surface area contributed by atoms with Gasteiger partial charge in [-0.05, 0) is 36.8 Å². The summed E-state index contributed by atoms with van der Waals surface area (Å²) in [6, 6.07) is 25.8. The molecule has 0 bridgehead atoms. The van der Waals surface area contributed by atoms with Crippen LogP contribution in [0.15, 0.2) is 78.9 Å². The highest BCUT2D eigenvalue weighted by Gasteiger charge is 2.13. The van der Waals surface area contributed by atoms with Crippen LogP contribution < -0.4 is 10.8 Å². The van der Waals surface area contributed by atoms with Crippen molar-refractivity contribution >= 4 is 33.5 Å². The first kappa shape index (κ1) is 19.8. The summed E-state index contributed by atoms with van der Waals surface area (Å²) in [6.45, 7) is 2.62. The van der Waals surface area contributed by atoms with Crippen LogP contribution in [-0.4, -0.2) is 21.1 Å². The summed E-state index contributed by atoms with van der Waals surface area (Å²) >= 11 is 0. The van der Waals surface area contributed by atoms with Crippen LogP contribution in [-0.2, 0) is 6.54 Å². The van der Waals surface area contributed by atoms with Crippen LogP contribution in [0.25, 0.3) is 33.1 Å². The number of hydrogen-bond donors (Lipinski definition) is 4. The monoisotopic (exact) mass is 422 g/mol. The van der Waals surface area contributed by atoms with Crippen molar-refractivity contribution < 1.29 is 10.0 Å². The predicted octanol–water partition coefficient (Wildman–Crippen LogP) is 5.42. The molecule has 0 spiro atoms. The number of carbonyl (C=O) groups excluding carboxylic acids is 1. The second kappa shape index (κ2) is 8.17. The first-order valence-electron chi connectivity index (χ1n) is 10.4. The number of benzene rings is 3. The number of nitrogens with zero attached hydrogens (tertiary/aromatic N) is 1. The highest BCUT2D eigenvalue weighted by atomic mass is 16.5. The fourth-order valence-corrected chi connectivity index (χ4v) is 3.89. The molecule has 2 aromatic heterocycles. The van der Waals surface area contributed by atoms with E-state index in [9.17, 15) is 4.79 Å². The Morgan fingerprint density at radius 3 is 2.47 bits per heavy atom. The molecule has 0 aliphatic rings. The lowest BCUT2D eigenvalue weighted by Gasteiger charge is -2.10. The minimum Gasteiger partial charge on any atom is -0.366 e. The van der Waals surface area contributed by atoms with Gasteiger partial charge in [-0.1, -0.05) is 60.2 Å². The molecule has 0 unspecified atom stereocenters. The van der Waals surface area contributed by atoms with Gasteiger partial charge in [0.05, 0.1) is 11.2 Å². The Morgan fingerprint density at radius 2 is 1.72 bits per heavy atom. The van der Waals surface area contributed by atoms with Gasteiger partial charge >= 0.3 is 0 Å². The van der Waals surface area contributed by atoms with Crippen LogP contribution in [0.1, 0.15) is 21.5 Å². The van der Waals surface area contributed by atoms with Gasteiger partial charge in [0.1, 0.15) is 5.82 Å². The molecule has 1 amide bonds. The van der Waals surface area contributed by atoms with Crippen molar-refractivity contribution in [2.75, 3.05) is 5.32 Å². The molecule has 6 nitrogen and oxygen atoms in total. The molecule has 3 aromatic carbocycles. The number of aromatic nitrogens is 2. The molecule has 0 aliphatic heterocycles. The molecule has 32 heavy (non-hydrogen) atoms. The standard InChI is InChI=1S/C26H22N4O2/c1-16-6-10-18(11-7-16)24-25-21(20-4-2-3-5-22(20)28-25)14-23(29-24)27-15-17-8-12-19(13-9-17)26(31)30-32/h2-14,28,32H,15H2,1H3,(H,27,29)(H,30,31). The SMILES string of the molecule is Cc1ccc(-c2nc(NCc3ccc(C(=O)NO)cc3)cc3c2[nH]c2ccccc23)cc1. The van der Waals surface area contributed by atoms with Crippen LogP contribution in [0.3, 0.4) is 0 Å². The second-order valence-electron chi connectivity index (χ2n) is 7.81. The topological polar surface area (TPSA) is 90.0 Å². The number of aromatic amines is 1. The first-order valence-corrected chi connectivity index (χ1v) is 10.4. The van der Waals surface area contributed by atoms with E-state index in [1.165, 1.54) is 5.56 Å². The number of nitrogens with one attached hydrogen (secondary N) is 3. The average molecular weight is 422 g/mol. The Labute approximate surface area is 184 Å². The van der Waals surface area contributed by atoms with Gasteiger partial charge < -0.3 is 10.3 Å². The summed E-state index contributed by atoms with van der Waals surface area (Å²) in [5.41, 5.74) is 8.29. The lowest BCUT2D eigenvalue weighted by atomic mass is 10.1. The van der Waals surface area contributed by atoms with Crippen molar-refractivity contribution in [3.8, 4) is 11.3 Å². The summed E-state index contributed by atoms with van der Waals surface area (Å²) in [4.78, 5) is 20.0. The molecule has 0 fully saturated rings. The van der Waals surface area contributed by atoms with Crippen LogP contribution in [0, 0.1) is 6.92 Å². The van der Waals surface area contributed by atoms with Crippen molar-refractivity contribution in [1.82, 2.24) is 15.4 Å². The molecule has 4 N–H and O–H groups in total. The molecule has 0 radical (unpaired) electrons. The minimum absolute atomic E-state index is 0.399. The summed E-state index contributed by atoms with van der Waals surface area (Å²) in [7, 11) is 0. The number of H-pyrrole nitrogens is 1. The smallest absolute Gasteiger partial charge is 0.274 e. The van der Waals surface area contributed by atoms with E-state index in [4.69, 9.17) is 10.2 Å². The zero-order chi connectivity index (χ0) is 22.1. The molecule has 0 saturated heterocycles. The fourth-order valence-electron chi connectivity index (χ4n) is 3.89. The third-order valence-electron chi connectivity index (χ3n) is 5.61. The van der Waals surface area contributed by atoms with Crippen LogP contribution in [0.2, 0.25) is 0 Å². The maximum absolute atomic E-state index is 11.5. The molecule has 0 saturated carbocycles. The second-order valence-corrected chi connectivity index (χ2v) is 7.81. The number of carbonyl (C=O) groups is 1. The van der Waals surface area contributed by atoms with Crippen LogP contribution >= 0.6 is 0 Å². The van der Waals surface area contributed by atoms with Crippen molar-refractivity contribution in [3.05, 3.63) is 95.6 Å². The van der Waals surface area contributed by atoms with Crippen molar-refractivity contribution in [2.45, 2.75) is 13.5 Å². The molecule has 0 aliphatic carbocycles. The number of pyridine rings is 1. The van der Waals surface area contributed by atoms with Gasteiger partial charge in [0.2, 0.25) is 0 Å². The Hall–Kier alpha value is -4.16. The van der Waals surface area contributed by atoms with Gasteiger partial charge in [-0.15, -0.1) is 0 Å². The number of para-hydroxylation sites is 1. The van der Waals surface area contributed by atoms with E-state index in [2.05, 4.69) is 59.7 Å². The van der Waals surface area contributed by atoms with Crippen molar-refractivity contribution in [1.29, 1.82) is 0 Å². The van der Waals surface area contributed by atoms with Crippen LogP contribution in [0.5, 0.6) is 0 Å². The normalized spacial score (nSPS) is 11.1. The van der Waals surface area contributed by atoms with Crippen molar-refractivity contribution in [3.63, 3.8) is 0 Å². The van der Waals surface area contributed by atoms with E-state index < -0.39 is 5.91 Å². The number of fused-ring (bicyclic) bond motifs is 3. The number of anilines is 1. The minimum atomic E-state index is -0.529. The first-order chi connectivity index (χ1) is 15.6. The summed E-state index contributed by atoms with van der Waals surface area (Å²) in [5, 5.41) is 14.5. The largest absolute Gasteiger partial charge is 0.366 e. The molecule has 0 atom stereocenters. The van der Waals surface area contributed by atoms with E-state index in [1.54, 1.807) is 17.6 Å². The zero-order valence-corrected chi connectivity index (χ0v) is 17.5. The van der Waals surface area contributed by atoms with Gasteiger partial charge in [-0.2, -0.15) is 0 Å². The Balaban J connectivity index is 1.53. The quantitative estimate of drug-likeness (QED) is 0.225. The molecule has 6 heteroatoms. The fraction of sp³-hybridized carbons (Fsp3) is 0.0769. The Kier molecular flexibility index (Phi) is 5.05. The Morgan fingerprint density at radius 1 is 0.969 bits per heavy atom. The maximum Gasteiger partial charge on any atom is 0.274 e. The molecule has 158 valence electrons. The maximum atomic E-state index is 11.5. The molecule has 5 rings (SSSR count). The number of rotatable bonds is 5. The van der Waals surface area contributed by atoms with E-state index in [-0.39, 0.29) is 0 Å². The van der Waals surface area contributed by atoms with Gasteiger partial charge in [0, 0.05) is 34.0 Å². The van der Waals surface area contributed by atoms with Gasteiger partial charge in [0.15, 0.2) is 0 Å². The number of aryl methyl sites for hydroxylation is 1. The van der Waals surface area contributed by atoms with Gasteiger partial charge in [-0.25, -0.2) is 10.5 Å². The van der Waals surface area contributed by atoms with Gasteiger partial charge in [-0.3, -0.25) is 10.0 Å². The number of hydroxylamine groups is 1. The average Bonchev–Trinajstić information content (AvgIpc) is 3.21. The number of amides is 1. The molecular formula is C26H22N4O2. The van der Waals surface area contributed by atoms with E-state index in [0.29, 0.717) is 12.1 Å². The molecule has 2 heterocycles. The Bertz CT molecular complexity index is 1420. The summed E-state index contributed by atoms with van der Waals surface area (Å²) in [6.07, 6.45) is 0. The third-order valence-corrected chi connectivity index (χ3v) is 5.61. The van der Waals surface area contributed by atoms with Gasteiger partial charge in [0.25, 0.3) is 5.91 Å². The predicted molar refractivity (Wildman–Crippen MR) is 127 cm³/mol. The highest BCUT2D eigenvalue weighted by Crippen LogP contribution is 2.34. The number of hydrogen-bond acceptors (Lipinski definition) is 4. The third kappa shape index (κ3) is 3.68. The zero-order valence-electron chi connectivity index (χ0n) is 17.5. The summed E-state index contributed by atoms with van der Waals surface area (Å²) < 4.78 is 0. The summed E-state index contributed by atoms with van der Waals surface area (Å²) in [5.74, 6) is 0.244.